The van der Waals surface area contributed by atoms with Gasteiger partial charge in [-0.05, 0) is 19.9 Å². The maximum Gasteiger partial charge on any atom is 0.174 e. The van der Waals surface area contributed by atoms with Gasteiger partial charge in [0.2, 0.25) is 0 Å². The molecule has 0 amide bonds. The Labute approximate surface area is 144 Å². The molecule has 3 rings (SSSR count). The molecule has 1 aromatic carbocycles. The summed E-state index contributed by atoms with van der Waals surface area (Å²) in [6, 6.07) is 12.1. The summed E-state index contributed by atoms with van der Waals surface area (Å²) in [5.74, 6) is 0.583. The first-order chi connectivity index (χ1) is 11.1. The van der Waals surface area contributed by atoms with Crippen LogP contribution in [0.5, 0.6) is 0 Å². The molecular formula is C18H18N2OS2. The first-order valence-electron chi connectivity index (χ1n) is 7.36. The van der Waals surface area contributed by atoms with E-state index in [0.29, 0.717) is 5.75 Å². The SMILES string of the molecule is Cc1cc(C(=O)CSc2nc(-c3ccccc3)cs2)c(C)n1C. The Hall–Kier alpha value is -1.85. The molecule has 0 aliphatic rings. The largest absolute Gasteiger partial charge is 0.351 e. The number of carbonyl (C=O) groups excluding carboxylic acids is 1. The second kappa shape index (κ2) is 6.72. The van der Waals surface area contributed by atoms with E-state index in [9.17, 15) is 4.79 Å². The summed E-state index contributed by atoms with van der Waals surface area (Å²) in [6.07, 6.45) is 0. The molecule has 2 heterocycles. The number of nitrogens with zero attached hydrogens (tertiary/aromatic N) is 2. The third-order valence-electron chi connectivity index (χ3n) is 3.96. The van der Waals surface area contributed by atoms with Crippen molar-refractivity contribution in [1.82, 2.24) is 9.55 Å². The third kappa shape index (κ3) is 3.41. The fourth-order valence-corrected chi connectivity index (χ4v) is 4.13. The van der Waals surface area contributed by atoms with Crippen molar-refractivity contribution in [2.24, 2.45) is 7.05 Å². The van der Waals surface area contributed by atoms with Gasteiger partial charge in [0, 0.05) is 34.9 Å². The second-order valence-corrected chi connectivity index (χ2v) is 7.50. The van der Waals surface area contributed by atoms with Gasteiger partial charge in [0.1, 0.15) is 0 Å². The van der Waals surface area contributed by atoms with Gasteiger partial charge < -0.3 is 4.57 Å². The average molecular weight is 342 g/mol. The second-order valence-electron chi connectivity index (χ2n) is 5.42. The lowest BCUT2D eigenvalue weighted by molar-refractivity contribution is 0.102. The van der Waals surface area contributed by atoms with E-state index in [0.717, 1.165) is 32.5 Å². The Balaban J connectivity index is 1.68. The molecular weight excluding hydrogens is 324 g/mol. The third-order valence-corrected chi connectivity index (χ3v) is 5.98. The predicted octanol–water partition coefficient (Wildman–Crippen LogP) is 4.74. The minimum Gasteiger partial charge on any atom is -0.351 e. The van der Waals surface area contributed by atoms with Crippen LogP contribution in [0.1, 0.15) is 21.7 Å². The van der Waals surface area contributed by atoms with E-state index >= 15 is 0 Å². The summed E-state index contributed by atoms with van der Waals surface area (Å²) in [6.45, 7) is 4.01. The minimum atomic E-state index is 0.160. The highest BCUT2D eigenvalue weighted by molar-refractivity contribution is 8.01. The van der Waals surface area contributed by atoms with Gasteiger partial charge in [-0.25, -0.2) is 4.98 Å². The number of thiazole rings is 1. The van der Waals surface area contributed by atoms with Gasteiger partial charge in [0.05, 0.1) is 11.4 Å². The van der Waals surface area contributed by atoms with Gasteiger partial charge in [0.25, 0.3) is 0 Å². The maximum absolute atomic E-state index is 12.4. The predicted molar refractivity (Wildman–Crippen MR) is 97.5 cm³/mol. The summed E-state index contributed by atoms with van der Waals surface area (Å²) < 4.78 is 2.98. The Bertz CT molecular complexity index is 834. The molecule has 5 heteroatoms. The molecule has 3 nitrogen and oxygen atoms in total. The highest BCUT2D eigenvalue weighted by Gasteiger charge is 2.15. The van der Waals surface area contributed by atoms with Crippen molar-refractivity contribution in [3.63, 3.8) is 0 Å². The number of ketones is 1. The van der Waals surface area contributed by atoms with Crippen molar-refractivity contribution < 1.29 is 4.79 Å². The number of thioether (sulfide) groups is 1. The number of aryl methyl sites for hydroxylation is 1. The Kier molecular flexibility index (Phi) is 4.68. The minimum absolute atomic E-state index is 0.160. The molecule has 0 saturated carbocycles. The number of aromatic nitrogens is 2. The molecule has 0 radical (unpaired) electrons. The van der Waals surface area contributed by atoms with E-state index < -0.39 is 0 Å². The van der Waals surface area contributed by atoms with Gasteiger partial charge in [-0.3, -0.25) is 4.79 Å². The van der Waals surface area contributed by atoms with Gasteiger partial charge in [-0.15, -0.1) is 11.3 Å². The van der Waals surface area contributed by atoms with E-state index in [4.69, 9.17) is 0 Å². The van der Waals surface area contributed by atoms with Crippen LogP contribution < -0.4 is 0 Å². The summed E-state index contributed by atoms with van der Waals surface area (Å²) in [7, 11) is 1.99. The van der Waals surface area contributed by atoms with Crippen LogP contribution in [0.25, 0.3) is 11.3 Å². The van der Waals surface area contributed by atoms with E-state index in [-0.39, 0.29) is 5.78 Å². The molecule has 0 aliphatic carbocycles. The number of Topliss-reactive ketones (excluding diaryl/α,β-unsaturated/α-hetero) is 1. The Morgan fingerprint density at radius 3 is 2.65 bits per heavy atom. The monoisotopic (exact) mass is 342 g/mol. The van der Waals surface area contributed by atoms with Gasteiger partial charge in [-0.1, -0.05) is 42.1 Å². The smallest absolute Gasteiger partial charge is 0.174 e. The summed E-state index contributed by atoms with van der Waals surface area (Å²) in [4.78, 5) is 17.0. The lowest BCUT2D eigenvalue weighted by Gasteiger charge is -2.01. The van der Waals surface area contributed by atoms with Crippen molar-refractivity contribution in [1.29, 1.82) is 0 Å². The lowest BCUT2D eigenvalue weighted by Crippen LogP contribution is -2.04. The number of rotatable bonds is 5. The highest BCUT2D eigenvalue weighted by atomic mass is 32.2. The first kappa shape index (κ1) is 16.0. The summed E-state index contributed by atoms with van der Waals surface area (Å²) in [5.41, 5.74) is 5.03. The van der Waals surface area contributed by atoms with Gasteiger partial charge in [-0.2, -0.15) is 0 Å². The van der Waals surface area contributed by atoms with Crippen LogP contribution in [-0.2, 0) is 7.05 Å². The summed E-state index contributed by atoms with van der Waals surface area (Å²) >= 11 is 3.10. The highest BCUT2D eigenvalue weighted by Crippen LogP contribution is 2.29. The number of hydrogen-bond acceptors (Lipinski definition) is 4. The molecule has 0 saturated heterocycles. The molecule has 0 unspecified atom stereocenters. The molecule has 0 spiro atoms. The number of carbonyl (C=O) groups is 1. The zero-order valence-electron chi connectivity index (χ0n) is 13.4. The Morgan fingerprint density at radius 1 is 1.26 bits per heavy atom. The van der Waals surface area contributed by atoms with Gasteiger partial charge >= 0.3 is 0 Å². The molecule has 118 valence electrons. The van der Waals surface area contributed by atoms with Gasteiger partial charge in [0.15, 0.2) is 10.1 Å². The van der Waals surface area contributed by atoms with E-state index in [1.165, 1.54) is 11.8 Å². The van der Waals surface area contributed by atoms with Crippen molar-refractivity contribution >= 4 is 28.9 Å². The molecule has 2 aromatic heterocycles. The van der Waals surface area contributed by atoms with Crippen molar-refractivity contribution in [2.45, 2.75) is 18.2 Å². The van der Waals surface area contributed by atoms with Crippen molar-refractivity contribution in [2.75, 3.05) is 5.75 Å². The Morgan fingerprint density at radius 2 is 2.00 bits per heavy atom. The van der Waals surface area contributed by atoms with E-state index in [1.54, 1.807) is 11.3 Å². The summed E-state index contributed by atoms with van der Waals surface area (Å²) in [5, 5.41) is 2.04. The zero-order chi connectivity index (χ0) is 16.4. The van der Waals surface area contributed by atoms with Crippen LogP contribution >= 0.6 is 23.1 Å². The average Bonchev–Trinajstić information content (AvgIpc) is 3.14. The topological polar surface area (TPSA) is 34.9 Å². The fraction of sp³-hybridized carbons (Fsp3) is 0.222. The van der Waals surface area contributed by atoms with E-state index in [1.807, 2.05) is 62.7 Å². The van der Waals surface area contributed by atoms with Crippen LogP contribution in [0.15, 0.2) is 46.1 Å². The van der Waals surface area contributed by atoms with Crippen molar-refractivity contribution in [3.05, 3.63) is 58.7 Å². The standard InChI is InChI=1S/C18H18N2OS2/c1-12-9-15(13(2)20(12)3)17(21)11-23-18-19-16(10-22-18)14-7-5-4-6-8-14/h4-10H,11H2,1-3H3. The van der Waals surface area contributed by atoms with Crippen LogP contribution in [0, 0.1) is 13.8 Å². The molecule has 0 fully saturated rings. The first-order valence-corrected chi connectivity index (χ1v) is 9.22. The number of hydrogen-bond donors (Lipinski definition) is 0. The molecule has 3 aromatic rings. The molecule has 23 heavy (non-hydrogen) atoms. The van der Waals surface area contributed by atoms with Crippen LogP contribution in [-0.4, -0.2) is 21.1 Å². The molecule has 0 aliphatic heterocycles. The fourth-order valence-electron chi connectivity index (χ4n) is 2.41. The normalized spacial score (nSPS) is 10.9. The lowest BCUT2D eigenvalue weighted by atomic mass is 10.2. The molecule has 0 atom stereocenters. The maximum atomic E-state index is 12.4. The number of benzene rings is 1. The van der Waals surface area contributed by atoms with Crippen LogP contribution in [0.4, 0.5) is 0 Å². The van der Waals surface area contributed by atoms with E-state index in [2.05, 4.69) is 9.55 Å². The zero-order valence-corrected chi connectivity index (χ0v) is 15.0. The van der Waals surface area contributed by atoms with Crippen LogP contribution in [0.2, 0.25) is 0 Å². The molecule has 0 N–H and O–H groups in total. The quantitative estimate of drug-likeness (QED) is 0.496. The van der Waals surface area contributed by atoms with Crippen molar-refractivity contribution in [3.8, 4) is 11.3 Å². The molecule has 0 bridgehead atoms. The van der Waals surface area contributed by atoms with Crippen LogP contribution in [0.3, 0.4) is 0 Å².